The summed E-state index contributed by atoms with van der Waals surface area (Å²) in [4.78, 5) is 11.9. The van der Waals surface area contributed by atoms with Crippen molar-refractivity contribution in [1.82, 2.24) is 5.32 Å². The van der Waals surface area contributed by atoms with Crippen LogP contribution in [0.25, 0.3) is 0 Å². The zero-order valence-corrected chi connectivity index (χ0v) is 14.3. The number of hydrogen-bond donors (Lipinski definition) is 1. The molecule has 0 aromatic heterocycles. The van der Waals surface area contributed by atoms with Gasteiger partial charge in [0.1, 0.15) is 0 Å². The van der Waals surface area contributed by atoms with Crippen LogP contribution in [0.4, 0.5) is 0 Å². The number of benzene rings is 2. The monoisotopic (exact) mass is 338 g/mol. The lowest BCUT2D eigenvalue weighted by Gasteiger charge is -2.12. The zero-order chi connectivity index (χ0) is 17.9. The van der Waals surface area contributed by atoms with E-state index in [0.29, 0.717) is 30.2 Å². The van der Waals surface area contributed by atoms with Gasteiger partial charge in [-0.2, -0.15) is 5.26 Å². The predicted molar refractivity (Wildman–Crippen MR) is 95.6 cm³/mol. The summed E-state index contributed by atoms with van der Waals surface area (Å²) in [5.41, 5.74) is 1.74. The minimum atomic E-state index is -0.181. The first kappa shape index (κ1) is 18.3. The number of nitrogens with one attached hydrogen (secondary N) is 1. The lowest BCUT2D eigenvalue weighted by molar-refractivity contribution is -0.123. The minimum absolute atomic E-state index is 0.0860. The van der Waals surface area contributed by atoms with Crippen LogP contribution in [0.15, 0.2) is 48.5 Å². The molecule has 5 nitrogen and oxygen atoms in total. The van der Waals surface area contributed by atoms with Crippen molar-refractivity contribution in [1.29, 1.82) is 5.26 Å². The Morgan fingerprint density at radius 3 is 2.64 bits per heavy atom. The van der Waals surface area contributed by atoms with Crippen LogP contribution in [0.5, 0.6) is 11.5 Å². The van der Waals surface area contributed by atoms with Gasteiger partial charge in [0.25, 0.3) is 5.91 Å². The molecule has 25 heavy (non-hydrogen) atoms. The molecule has 1 N–H and O–H groups in total. The van der Waals surface area contributed by atoms with E-state index in [-0.39, 0.29) is 12.5 Å². The fraction of sp³-hybridized carbons (Fsp3) is 0.300. The van der Waals surface area contributed by atoms with Gasteiger partial charge in [0.15, 0.2) is 18.1 Å². The van der Waals surface area contributed by atoms with E-state index in [1.165, 1.54) is 5.56 Å². The minimum Gasteiger partial charge on any atom is -0.490 e. The molecule has 1 amide bonds. The van der Waals surface area contributed by atoms with Gasteiger partial charge >= 0.3 is 0 Å². The van der Waals surface area contributed by atoms with E-state index >= 15 is 0 Å². The molecule has 0 aliphatic rings. The average molecular weight is 338 g/mol. The molecule has 2 aromatic rings. The van der Waals surface area contributed by atoms with Crippen LogP contribution in [0.3, 0.4) is 0 Å². The lowest BCUT2D eigenvalue weighted by Crippen LogP contribution is -2.30. The third kappa shape index (κ3) is 6.19. The first-order chi connectivity index (χ1) is 12.2. The third-order valence-corrected chi connectivity index (χ3v) is 3.54. The van der Waals surface area contributed by atoms with Crippen molar-refractivity contribution in [2.24, 2.45) is 0 Å². The van der Waals surface area contributed by atoms with Gasteiger partial charge in [-0.05, 0) is 37.5 Å². The molecule has 0 aliphatic carbocycles. The van der Waals surface area contributed by atoms with E-state index in [9.17, 15) is 4.79 Å². The number of aryl methyl sites for hydroxylation is 1. The van der Waals surface area contributed by atoms with E-state index in [2.05, 4.69) is 23.5 Å². The topological polar surface area (TPSA) is 71.3 Å². The fourth-order valence-corrected chi connectivity index (χ4v) is 2.32. The number of carbonyl (C=O) groups excluding carboxylic acids is 1. The quantitative estimate of drug-likeness (QED) is 0.713. The van der Waals surface area contributed by atoms with E-state index in [1.807, 2.05) is 25.1 Å². The summed E-state index contributed by atoms with van der Waals surface area (Å²) in [7, 11) is 0. The molecule has 0 heterocycles. The van der Waals surface area contributed by atoms with Gasteiger partial charge in [-0.1, -0.05) is 30.3 Å². The molecule has 0 aliphatic heterocycles. The van der Waals surface area contributed by atoms with Crippen molar-refractivity contribution < 1.29 is 14.3 Å². The Morgan fingerprint density at radius 2 is 1.92 bits per heavy atom. The molecule has 0 radical (unpaired) electrons. The highest BCUT2D eigenvalue weighted by atomic mass is 16.5. The van der Waals surface area contributed by atoms with E-state index in [4.69, 9.17) is 14.7 Å². The summed E-state index contributed by atoms with van der Waals surface area (Å²) >= 11 is 0. The van der Waals surface area contributed by atoms with E-state index in [1.54, 1.807) is 18.2 Å². The molecule has 0 atom stereocenters. The van der Waals surface area contributed by atoms with Gasteiger partial charge in [0.2, 0.25) is 0 Å². The Balaban J connectivity index is 1.75. The maximum Gasteiger partial charge on any atom is 0.257 e. The van der Waals surface area contributed by atoms with Crippen LogP contribution in [0.2, 0.25) is 0 Å². The highest BCUT2D eigenvalue weighted by Crippen LogP contribution is 2.28. The molecule has 5 heteroatoms. The molecule has 0 saturated carbocycles. The van der Waals surface area contributed by atoms with E-state index < -0.39 is 0 Å². The van der Waals surface area contributed by atoms with Crippen molar-refractivity contribution >= 4 is 5.91 Å². The Hall–Kier alpha value is -3.00. The summed E-state index contributed by atoms with van der Waals surface area (Å²) in [6.45, 7) is 2.82. The SMILES string of the molecule is CCOc1cc(C#N)ccc1OCC(=O)NCCCc1ccccc1. The number of nitriles is 1. The first-order valence-corrected chi connectivity index (χ1v) is 8.33. The van der Waals surface area contributed by atoms with Gasteiger partial charge in [-0.3, -0.25) is 4.79 Å². The Labute approximate surface area is 148 Å². The molecular formula is C20H22N2O3. The van der Waals surface area contributed by atoms with Crippen LogP contribution >= 0.6 is 0 Å². The van der Waals surface area contributed by atoms with Crippen LogP contribution in [0.1, 0.15) is 24.5 Å². The molecule has 0 fully saturated rings. The van der Waals surface area contributed by atoms with Crippen LogP contribution in [-0.4, -0.2) is 25.7 Å². The molecular weight excluding hydrogens is 316 g/mol. The molecule has 2 rings (SSSR count). The van der Waals surface area contributed by atoms with Crippen LogP contribution in [-0.2, 0) is 11.2 Å². The van der Waals surface area contributed by atoms with Crippen molar-refractivity contribution in [2.75, 3.05) is 19.8 Å². The van der Waals surface area contributed by atoms with Crippen molar-refractivity contribution in [2.45, 2.75) is 19.8 Å². The number of rotatable bonds is 9. The molecule has 0 bridgehead atoms. The average Bonchev–Trinajstić information content (AvgIpc) is 2.65. The highest BCUT2D eigenvalue weighted by Gasteiger charge is 2.09. The normalized spacial score (nSPS) is 9.92. The second kappa shape index (κ2) is 9.99. The van der Waals surface area contributed by atoms with Crippen molar-refractivity contribution in [3.05, 3.63) is 59.7 Å². The van der Waals surface area contributed by atoms with Crippen LogP contribution < -0.4 is 14.8 Å². The largest absolute Gasteiger partial charge is 0.490 e. The lowest BCUT2D eigenvalue weighted by atomic mass is 10.1. The fourth-order valence-electron chi connectivity index (χ4n) is 2.32. The number of nitrogens with zero attached hydrogens (tertiary/aromatic N) is 1. The molecule has 2 aromatic carbocycles. The van der Waals surface area contributed by atoms with Crippen LogP contribution in [0, 0.1) is 11.3 Å². The van der Waals surface area contributed by atoms with Crippen molar-refractivity contribution in [3.8, 4) is 17.6 Å². The second-order valence-electron chi connectivity index (χ2n) is 5.43. The van der Waals surface area contributed by atoms with Gasteiger partial charge in [0, 0.05) is 12.6 Å². The zero-order valence-electron chi connectivity index (χ0n) is 14.3. The molecule has 0 saturated heterocycles. The maximum absolute atomic E-state index is 11.9. The Kier molecular flexibility index (Phi) is 7.33. The van der Waals surface area contributed by atoms with Crippen molar-refractivity contribution in [3.63, 3.8) is 0 Å². The van der Waals surface area contributed by atoms with E-state index in [0.717, 1.165) is 12.8 Å². The first-order valence-electron chi connectivity index (χ1n) is 8.33. The maximum atomic E-state index is 11.9. The molecule has 0 unspecified atom stereocenters. The standard InChI is InChI=1S/C20H22N2O3/c1-2-24-19-13-17(14-21)10-11-18(19)25-15-20(23)22-12-6-9-16-7-4-3-5-8-16/h3-5,7-8,10-11,13H,2,6,9,12,15H2,1H3,(H,22,23). The summed E-state index contributed by atoms with van der Waals surface area (Å²) in [6.07, 6.45) is 1.79. The van der Waals surface area contributed by atoms with Gasteiger partial charge in [0.05, 0.1) is 18.2 Å². The molecule has 130 valence electrons. The summed E-state index contributed by atoms with van der Waals surface area (Å²) < 4.78 is 11.0. The number of amides is 1. The van der Waals surface area contributed by atoms with Gasteiger partial charge < -0.3 is 14.8 Å². The Morgan fingerprint density at radius 1 is 1.12 bits per heavy atom. The number of carbonyl (C=O) groups is 1. The third-order valence-electron chi connectivity index (χ3n) is 3.54. The highest BCUT2D eigenvalue weighted by molar-refractivity contribution is 5.77. The smallest absolute Gasteiger partial charge is 0.257 e. The Bertz CT molecular complexity index is 723. The number of ether oxygens (including phenoxy) is 2. The summed E-state index contributed by atoms with van der Waals surface area (Å²) in [5, 5.41) is 11.8. The molecule has 0 spiro atoms. The summed E-state index contributed by atoms with van der Waals surface area (Å²) in [6, 6.07) is 17.1. The predicted octanol–water partition coefficient (Wildman–Crippen LogP) is 3.08. The summed E-state index contributed by atoms with van der Waals surface area (Å²) in [5.74, 6) is 0.749. The number of hydrogen-bond acceptors (Lipinski definition) is 4. The van der Waals surface area contributed by atoms with Gasteiger partial charge in [-0.15, -0.1) is 0 Å². The van der Waals surface area contributed by atoms with Gasteiger partial charge in [-0.25, -0.2) is 0 Å². The second-order valence-corrected chi connectivity index (χ2v) is 5.43.